The smallest absolute Gasteiger partial charge is 0.244 e. The van der Waals surface area contributed by atoms with Gasteiger partial charge in [-0.2, -0.15) is 0 Å². The van der Waals surface area contributed by atoms with Gasteiger partial charge in [-0.25, -0.2) is 0 Å². The average Bonchev–Trinajstić information content (AvgIpc) is 3.45. The zero-order valence-electron chi connectivity index (χ0n) is 14.0. The Morgan fingerprint density at radius 2 is 2.04 bits per heavy atom. The average molecular weight is 338 g/mol. The lowest BCUT2D eigenvalue weighted by Gasteiger charge is -2.11. The van der Waals surface area contributed by atoms with Crippen molar-refractivity contribution in [3.63, 3.8) is 0 Å². The van der Waals surface area contributed by atoms with Gasteiger partial charge in [0.1, 0.15) is 12.4 Å². The normalized spacial score (nSPS) is 15.1. The van der Waals surface area contributed by atoms with Gasteiger partial charge in [-0.05, 0) is 48.7 Å². The van der Waals surface area contributed by atoms with Gasteiger partial charge in [0.2, 0.25) is 5.91 Å². The Morgan fingerprint density at radius 1 is 1.24 bits per heavy atom. The van der Waals surface area contributed by atoms with Crippen molar-refractivity contribution in [2.24, 2.45) is 5.41 Å². The summed E-state index contributed by atoms with van der Waals surface area (Å²) in [5, 5.41) is 12.1. The molecule has 2 aromatic rings. The molecule has 1 saturated carbocycles. The van der Waals surface area contributed by atoms with E-state index in [0.29, 0.717) is 13.2 Å². The zero-order chi connectivity index (χ0) is 17.5. The molecule has 2 N–H and O–H groups in total. The number of amides is 1. The van der Waals surface area contributed by atoms with Gasteiger partial charge in [0.15, 0.2) is 0 Å². The maximum absolute atomic E-state index is 11.8. The summed E-state index contributed by atoms with van der Waals surface area (Å²) in [6, 6.07) is 13.2. The number of pyridine rings is 1. The number of aliphatic hydroxyl groups excluding tert-OH is 1. The summed E-state index contributed by atoms with van der Waals surface area (Å²) in [5.41, 5.74) is 1.72. The Morgan fingerprint density at radius 3 is 2.68 bits per heavy atom. The maximum atomic E-state index is 11.8. The van der Waals surface area contributed by atoms with Crippen LogP contribution in [0.3, 0.4) is 0 Å². The Balaban J connectivity index is 1.46. The molecule has 1 heterocycles. The fraction of sp³-hybridized carbons (Fsp3) is 0.300. The summed E-state index contributed by atoms with van der Waals surface area (Å²) in [6.45, 7) is 1.09. The standard InChI is InChI=1S/C20H22N2O3/c23-15-20(10-11-20)14-22-19(24)9-6-16-4-7-18(8-5-16)25-13-17-3-1-2-12-21-17/h1-9,12,23H,10-11,13-15H2,(H,22,24)/b9-6+. The quantitative estimate of drug-likeness (QED) is 0.726. The van der Waals surface area contributed by atoms with Gasteiger partial charge in [0.05, 0.1) is 12.3 Å². The number of ether oxygens (including phenoxy) is 1. The summed E-state index contributed by atoms with van der Waals surface area (Å²) in [4.78, 5) is 16.0. The van der Waals surface area contributed by atoms with E-state index < -0.39 is 0 Å². The molecule has 1 aromatic carbocycles. The summed E-state index contributed by atoms with van der Waals surface area (Å²) in [6.07, 6.45) is 6.97. The molecule has 0 aliphatic heterocycles. The largest absolute Gasteiger partial charge is 0.487 e. The number of rotatable bonds is 8. The predicted octanol–water partition coefficient (Wildman–Crippen LogP) is 2.56. The number of hydrogen-bond acceptors (Lipinski definition) is 4. The Labute approximate surface area is 147 Å². The van der Waals surface area contributed by atoms with Gasteiger partial charge < -0.3 is 15.2 Å². The second-order valence-electron chi connectivity index (χ2n) is 6.39. The summed E-state index contributed by atoms with van der Waals surface area (Å²) >= 11 is 0. The fourth-order valence-electron chi connectivity index (χ4n) is 2.39. The van der Waals surface area contributed by atoms with Gasteiger partial charge in [0.25, 0.3) is 0 Å². The van der Waals surface area contributed by atoms with E-state index in [2.05, 4.69) is 10.3 Å². The minimum atomic E-state index is -0.143. The molecule has 1 aromatic heterocycles. The number of nitrogens with zero attached hydrogens (tertiary/aromatic N) is 1. The highest BCUT2D eigenvalue weighted by Crippen LogP contribution is 2.44. The van der Waals surface area contributed by atoms with Crippen LogP contribution in [-0.4, -0.2) is 29.1 Å². The number of carbonyl (C=O) groups excluding carboxylic acids is 1. The monoisotopic (exact) mass is 338 g/mol. The molecule has 130 valence electrons. The molecule has 1 fully saturated rings. The molecule has 0 bridgehead atoms. The van der Waals surface area contributed by atoms with Crippen LogP contribution in [0.5, 0.6) is 5.75 Å². The lowest BCUT2D eigenvalue weighted by atomic mass is 10.1. The van der Waals surface area contributed by atoms with Crippen LogP contribution < -0.4 is 10.1 Å². The fourth-order valence-corrected chi connectivity index (χ4v) is 2.39. The van der Waals surface area contributed by atoms with E-state index in [1.165, 1.54) is 6.08 Å². The van der Waals surface area contributed by atoms with E-state index in [0.717, 1.165) is 29.8 Å². The summed E-state index contributed by atoms with van der Waals surface area (Å²) in [5.74, 6) is 0.612. The van der Waals surface area contributed by atoms with Crippen LogP contribution in [0, 0.1) is 5.41 Å². The first-order valence-electron chi connectivity index (χ1n) is 8.39. The van der Waals surface area contributed by atoms with Crippen molar-refractivity contribution in [2.75, 3.05) is 13.2 Å². The van der Waals surface area contributed by atoms with Crippen LogP contribution in [-0.2, 0) is 11.4 Å². The molecule has 5 heteroatoms. The van der Waals surface area contributed by atoms with Crippen molar-refractivity contribution in [2.45, 2.75) is 19.4 Å². The van der Waals surface area contributed by atoms with E-state index in [1.807, 2.05) is 42.5 Å². The molecule has 0 radical (unpaired) electrons. The third kappa shape index (κ3) is 5.16. The van der Waals surface area contributed by atoms with Crippen LogP contribution in [0.1, 0.15) is 24.1 Å². The zero-order valence-corrected chi connectivity index (χ0v) is 14.0. The SMILES string of the molecule is O=C(/C=C/c1ccc(OCc2ccccn2)cc1)NCC1(CO)CC1. The lowest BCUT2D eigenvalue weighted by molar-refractivity contribution is -0.116. The topological polar surface area (TPSA) is 71.5 Å². The van der Waals surface area contributed by atoms with Crippen LogP contribution in [0.15, 0.2) is 54.7 Å². The number of nitrogens with one attached hydrogen (secondary N) is 1. The highest BCUT2D eigenvalue weighted by Gasteiger charge is 2.41. The molecule has 3 rings (SSSR count). The van der Waals surface area contributed by atoms with Gasteiger partial charge in [-0.15, -0.1) is 0 Å². The molecular formula is C20H22N2O3. The van der Waals surface area contributed by atoms with Crippen molar-refractivity contribution in [1.29, 1.82) is 0 Å². The third-order valence-electron chi connectivity index (χ3n) is 4.35. The molecule has 1 aliphatic rings. The Kier molecular flexibility index (Phi) is 5.46. The minimum Gasteiger partial charge on any atom is -0.487 e. The summed E-state index contributed by atoms with van der Waals surface area (Å²) in [7, 11) is 0. The first-order valence-corrected chi connectivity index (χ1v) is 8.39. The van der Waals surface area contributed by atoms with E-state index in [1.54, 1.807) is 12.3 Å². The van der Waals surface area contributed by atoms with E-state index in [4.69, 9.17) is 4.74 Å². The molecule has 0 unspecified atom stereocenters. The number of hydrogen-bond donors (Lipinski definition) is 2. The van der Waals surface area contributed by atoms with Crippen LogP contribution in [0.4, 0.5) is 0 Å². The molecule has 0 saturated heterocycles. The van der Waals surface area contributed by atoms with Crippen LogP contribution in [0.2, 0.25) is 0 Å². The second-order valence-corrected chi connectivity index (χ2v) is 6.39. The van der Waals surface area contributed by atoms with Crippen molar-refractivity contribution in [3.05, 3.63) is 66.0 Å². The van der Waals surface area contributed by atoms with Gasteiger partial charge in [-0.1, -0.05) is 18.2 Å². The molecule has 25 heavy (non-hydrogen) atoms. The highest BCUT2D eigenvalue weighted by molar-refractivity contribution is 5.91. The first kappa shape index (κ1) is 17.2. The molecule has 0 spiro atoms. The Hall–Kier alpha value is -2.66. The van der Waals surface area contributed by atoms with Crippen molar-refractivity contribution in [3.8, 4) is 5.75 Å². The third-order valence-corrected chi connectivity index (χ3v) is 4.35. The number of aromatic nitrogens is 1. The second kappa shape index (κ2) is 7.94. The van der Waals surface area contributed by atoms with Crippen molar-refractivity contribution >= 4 is 12.0 Å². The minimum absolute atomic E-state index is 0.0733. The van der Waals surface area contributed by atoms with Gasteiger partial charge >= 0.3 is 0 Å². The lowest BCUT2D eigenvalue weighted by Crippen LogP contribution is -2.30. The molecule has 5 nitrogen and oxygen atoms in total. The van der Waals surface area contributed by atoms with Crippen LogP contribution >= 0.6 is 0 Å². The van der Waals surface area contributed by atoms with E-state index in [9.17, 15) is 9.90 Å². The molecule has 0 atom stereocenters. The van der Waals surface area contributed by atoms with Crippen molar-refractivity contribution < 1.29 is 14.6 Å². The highest BCUT2D eigenvalue weighted by atomic mass is 16.5. The number of carbonyl (C=O) groups is 1. The molecule has 1 aliphatic carbocycles. The van der Waals surface area contributed by atoms with Gasteiger partial charge in [-0.3, -0.25) is 9.78 Å². The first-order chi connectivity index (χ1) is 12.2. The summed E-state index contributed by atoms with van der Waals surface area (Å²) < 4.78 is 5.68. The Bertz CT molecular complexity index is 722. The predicted molar refractivity (Wildman–Crippen MR) is 95.8 cm³/mol. The molecular weight excluding hydrogens is 316 g/mol. The maximum Gasteiger partial charge on any atom is 0.244 e. The number of benzene rings is 1. The van der Waals surface area contributed by atoms with Gasteiger partial charge in [0, 0.05) is 24.2 Å². The van der Waals surface area contributed by atoms with E-state index >= 15 is 0 Å². The van der Waals surface area contributed by atoms with Crippen LogP contribution in [0.25, 0.3) is 6.08 Å². The van der Waals surface area contributed by atoms with E-state index in [-0.39, 0.29) is 17.9 Å². The molecule has 1 amide bonds. The van der Waals surface area contributed by atoms with Crippen molar-refractivity contribution in [1.82, 2.24) is 10.3 Å². The number of aliphatic hydroxyl groups is 1.